The molecular weight excluding hydrogens is 263 g/mol. The van der Waals surface area contributed by atoms with Gasteiger partial charge in [-0.2, -0.15) is 13.2 Å². The van der Waals surface area contributed by atoms with Crippen molar-refractivity contribution in [3.63, 3.8) is 0 Å². The van der Waals surface area contributed by atoms with Crippen LogP contribution >= 0.6 is 0 Å². The molecule has 0 N–H and O–H groups in total. The normalized spacial score (nSPS) is 18.8. The number of benzene rings is 1. The van der Waals surface area contributed by atoms with E-state index in [1.807, 2.05) is 27.0 Å². The van der Waals surface area contributed by atoms with Gasteiger partial charge in [-0.3, -0.25) is 0 Å². The number of nitrogens with zero attached hydrogens (tertiary/aromatic N) is 1. The van der Waals surface area contributed by atoms with Gasteiger partial charge in [0.05, 0.1) is 5.56 Å². The second-order valence-electron chi connectivity index (χ2n) is 6.08. The molecule has 1 fully saturated rings. The molecule has 1 nitrogen and oxygen atoms in total. The lowest BCUT2D eigenvalue weighted by atomic mass is 9.84. The molecule has 1 saturated heterocycles. The van der Waals surface area contributed by atoms with Crippen LogP contribution in [0.4, 0.5) is 13.2 Å². The van der Waals surface area contributed by atoms with Crippen molar-refractivity contribution in [1.82, 2.24) is 4.90 Å². The van der Waals surface area contributed by atoms with Gasteiger partial charge in [0.2, 0.25) is 0 Å². The second kappa shape index (κ2) is 5.76. The Morgan fingerprint density at radius 1 is 1.15 bits per heavy atom. The summed E-state index contributed by atoms with van der Waals surface area (Å²) < 4.78 is 39.9. The first-order valence-corrected chi connectivity index (χ1v) is 7.18. The predicted octanol–water partition coefficient (Wildman–Crippen LogP) is 4.64. The summed E-state index contributed by atoms with van der Waals surface area (Å²) in [6.45, 7) is 5.58. The van der Waals surface area contributed by atoms with Gasteiger partial charge in [-0.15, -0.1) is 0 Å². The van der Waals surface area contributed by atoms with Crippen LogP contribution in [0.15, 0.2) is 18.2 Å². The Morgan fingerprint density at radius 2 is 1.75 bits per heavy atom. The van der Waals surface area contributed by atoms with Gasteiger partial charge < -0.3 is 4.90 Å². The van der Waals surface area contributed by atoms with Crippen LogP contribution in [-0.2, 0) is 6.18 Å². The summed E-state index contributed by atoms with van der Waals surface area (Å²) in [6, 6.07) is 4.90. The Morgan fingerprint density at radius 3 is 2.25 bits per heavy atom. The van der Waals surface area contributed by atoms with E-state index < -0.39 is 11.7 Å². The summed E-state index contributed by atoms with van der Waals surface area (Å²) in [5.41, 5.74) is 0.808. The predicted molar refractivity (Wildman–Crippen MR) is 75.0 cm³/mol. The van der Waals surface area contributed by atoms with Crippen LogP contribution in [0.2, 0.25) is 0 Å². The van der Waals surface area contributed by atoms with E-state index in [4.69, 9.17) is 0 Å². The van der Waals surface area contributed by atoms with Crippen molar-refractivity contribution in [1.29, 1.82) is 0 Å². The summed E-state index contributed by atoms with van der Waals surface area (Å²) >= 11 is 0. The van der Waals surface area contributed by atoms with Gasteiger partial charge in [0.1, 0.15) is 0 Å². The number of alkyl halides is 3. The van der Waals surface area contributed by atoms with Crippen molar-refractivity contribution in [2.45, 2.75) is 44.7 Å². The zero-order valence-electron chi connectivity index (χ0n) is 12.3. The molecule has 0 bridgehead atoms. The first-order valence-electron chi connectivity index (χ1n) is 7.18. The third-order valence-electron chi connectivity index (χ3n) is 4.21. The fourth-order valence-corrected chi connectivity index (χ4v) is 2.85. The standard InChI is InChI=1S/C16H22F3N/c1-11(2)13-4-5-14(15(10-13)16(17,18)19)12-6-8-20(3)9-7-12/h4-5,10-12H,6-9H2,1-3H3. The highest BCUT2D eigenvalue weighted by molar-refractivity contribution is 5.38. The van der Waals surface area contributed by atoms with Crippen LogP contribution < -0.4 is 0 Å². The Balaban J connectivity index is 2.37. The Kier molecular flexibility index (Phi) is 4.43. The first-order chi connectivity index (χ1) is 9.29. The highest BCUT2D eigenvalue weighted by Gasteiger charge is 2.36. The van der Waals surface area contributed by atoms with E-state index in [9.17, 15) is 13.2 Å². The highest BCUT2D eigenvalue weighted by Crippen LogP contribution is 2.39. The average molecular weight is 285 g/mol. The van der Waals surface area contributed by atoms with E-state index in [1.54, 1.807) is 6.07 Å². The third kappa shape index (κ3) is 3.35. The van der Waals surface area contributed by atoms with Gasteiger partial charge in [0.25, 0.3) is 0 Å². The Labute approximate surface area is 118 Å². The Bertz CT molecular complexity index is 457. The van der Waals surface area contributed by atoms with Gasteiger partial charge in [0.15, 0.2) is 0 Å². The molecule has 4 heteroatoms. The van der Waals surface area contributed by atoms with Gasteiger partial charge >= 0.3 is 6.18 Å². The smallest absolute Gasteiger partial charge is 0.306 e. The topological polar surface area (TPSA) is 3.24 Å². The lowest BCUT2D eigenvalue weighted by Crippen LogP contribution is -2.30. The van der Waals surface area contributed by atoms with E-state index >= 15 is 0 Å². The van der Waals surface area contributed by atoms with Crippen LogP contribution in [0.1, 0.15) is 55.2 Å². The van der Waals surface area contributed by atoms with E-state index in [0.29, 0.717) is 5.56 Å². The molecule has 0 saturated carbocycles. The molecule has 0 radical (unpaired) electrons. The molecule has 1 heterocycles. The molecule has 0 aromatic heterocycles. The van der Waals surface area contributed by atoms with Gasteiger partial charge in [-0.25, -0.2) is 0 Å². The number of likely N-dealkylation sites (tertiary alicyclic amines) is 1. The highest BCUT2D eigenvalue weighted by atomic mass is 19.4. The van der Waals surface area contributed by atoms with Gasteiger partial charge in [-0.05, 0) is 62.0 Å². The third-order valence-corrected chi connectivity index (χ3v) is 4.21. The lowest BCUT2D eigenvalue weighted by Gasteiger charge is -2.31. The lowest BCUT2D eigenvalue weighted by molar-refractivity contribution is -0.138. The van der Waals surface area contributed by atoms with Crippen molar-refractivity contribution in [3.8, 4) is 0 Å². The average Bonchev–Trinajstić information content (AvgIpc) is 2.38. The van der Waals surface area contributed by atoms with Gasteiger partial charge in [0, 0.05) is 0 Å². The zero-order valence-corrected chi connectivity index (χ0v) is 12.3. The maximum atomic E-state index is 13.3. The monoisotopic (exact) mass is 285 g/mol. The van der Waals surface area contributed by atoms with Crippen LogP contribution in [0.25, 0.3) is 0 Å². The van der Waals surface area contributed by atoms with Crippen molar-refractivity contribution in [2.75, 3.05) is 20.1 Å². The van der Waals surface area contributed by atoms with Crippen molar-refractivity contribution >= 4 is 0 Å². The van der Waals surface area contributed by atoms with E-state index in [2.05, 4.69) is 4.90 Å². The van der Waals surface area contributed by atoms with Crippen LogP contribution in [0, 0.1) is 0 Å². The molecule has 1 aliphatic rings. The Hall–Kier alpha value is -1.03. The summed E-state index contributed by atoms with van der Waals surface area (Å²) in [5, 5.41) is 0. The summed E-state index contributed by atoms with van der Waals surface area (Å²) in [6.07, 6.45) is -2.65. The molecule has 0 atom stereocenters. The zero-order chi connectivity index (χ0) is 14.9. The molecule has 112 valence electrons. The number of hydrogen-bond donors (Lipinski definition) is 0. The van der Waals surface area contributed by atoms with E-state index in [-0.39, 0.29) is 11.8 Å². The maximum Gasteiger partial charge on any atom is 0.416 e. The molecule has 0 aliphatic carbocycles. The molecule has 0 spiro atoms. The van der Waals surface area contributed by atoms with Crippen LogP contribution in [0.3, 0.4) is 0 Å². The molecule has 2 rings (SSSR count). The number of rotatable bonds is 2. The minimum Gasteiger partial charge on any atom is -0.306 e. The maximum absolute atomic E-state index is 13.3. The van der Waals surface area contributed by atoms with E-state index in [0.717, 1.165) is 31.5 Å². The SMILES string of the molecule is CC(C)c1ccc(C2CCN(C)CC2)c(C(F)(F)F)c1. The van der Waals surface area contributed by atoms with Crippen LogP contribution in [0.5, 0.6) is 0 Å². The number of hydrogen-bond acceptors (Lipinski definition) is 1. The number of piperidine rings is 1. The molecular formula is C16H22F3N. The molecule has 20 heavy (non-hydrogen) atoms. The summed E-state index contributed by atoms with van der Waals surface area (Å²) in [5.74, 6) is 0.145. The summed E-state index contributed by atoms with van der Waals surface area (Å²) in [7, 11) is 2.02. The van der Waals surface area contributed by atoms with Crippen molar-refractivity contribution in [3.05, 3.63) is 34.9 Å². The molecule has 0 amide bonds. The largest absolute Gasteiger partial charge is 0.416 e. The van der Waals surface area contributed by atoms with E-state index in [1.165, 1.54) is 6.07 Å². The minimum absolute atomic E-state index is 0.0315. The van der Waals surface area contributed by atoms with Crippen molar-refractivity contribution in [2.24, 2.45) is 0 Å². The fraction of sp³-hybridized carbons (Fsp3) is 0.625. The van der Waals surface area contributed by atoms with Crippen LogP contribution in [-0.4, -0.2) is 25.0 Å². The molecule has 0 unspecified atom stereocenters. The van der Waals surface area contributed by atoms with Crippen molar-refractivity contribution < 1.29 is 13.2 Å². The second-order valence-corrected chi connectivity index (χ2v) is 6.08. The molecule has 1 aliphatic heterocycles. The van der Waals surface area contributed by atoms with Gasteiger partial charge in [-0.1, -0.05) is 26.0 Å². The molecule has 1 aromatic carbocycles. The quantitative estimate of drug-likeness (QED) is 0.765. The molecule has 1 aromatic rings. The fourth-order valence-electron chi connectivity index (χ4n) is 2.85. The minimum atomic E-state index is -4.26. The number of halogens is 3. The summed E-state index contributed by atoms with van der Waals surface area (Å²) in [4.78, 5) is 2.17. The first kappa shape index (κ1) is 15.4.